The zero-order valence-corrected chi connectivity index (χ0v) is 14.5. The summed E-state index contributed by atoms with van der Waals surface area (Å²) in [6.45, 7) is 2.54. The van der Waals surface area contributed by atoms with Crippen LogP contribution in [0.2, 0.25) is 0 Å². The highest BCUT2D eigenvalue weighted by Crippen LogP contribution is 2.33. The van der Waals surface area contributed by atoms with Crippen molar-refractivity contribution in [3.63, 3.8) is 0 Å². The Hall–Kier alpha value is -2.55. The van der Waals surface area contributed by atoms with Crippen LogP contribution in [0.1, 0.15) is 46.7 Å². The molecule has 1 atom stereocenters. The third kappa shape index (κ3) is 3.32. The minimum atomic E-state index is -0.112. The highest BCUT2D eigenvalue weighted by Gasteiger charge is 2.33. The van der Waals surface area contributed by atoms with Crippen molar-refractivity contribution in [2.45, 2.75) is 36.7 Å². The van der Waals surface area contributed by atoms with Gasteiger partial charge in [0.1, 0.15) is 23.5 Å². The number of thioether (sulfide) groups is 1. The second-order valence-electron chi connectivity index (χ2n) is 5.86. The van der Waals surface area contributed by atoms with Crippen LogP contribution in [-0.2, 0) is 5.75 Å². The Bertz CT molecular complexity index is 857. The number of aryl methyl sites for hydroxylation is 1. The van der Waals surface area contributed by atoms with Gasteiger partial charge in [0, 0.05) is 12.6 Å². The molecule has 0 aromatic carbocycles. The fourth-order valence-corrected chi connectivity index (χ4v) is 3.65. The molecule has 1 fully saturated rings. The van der Waals surface area contributed by atoms with Crippen LogP contribution in [0.4, 0.5) is 0 Å². The zero-order valence-electron chi connectivity index (χ0n) is 13.6. The lowest BCUT2D eigenvalue weighted by molar-refractivity contribution is 0.0697. The summed E-state index contributed by atoms with van der Waals surface area (Å²) >= 11 is 1.47. The molecule has 4 heterocycles. The second-order valence-corrected chi connectivity index (χ2v) is 6.83. The van der Waals surface area contributed by atoms with Gasteiger partial charge in [-0.15, -0.1) is 0 Å². The molecule has 0 aliphatic carbocycles. The number of carbonyl (C=O) groups excluding carboxylic acids is 1. The molecule has 25 heavy (non-hydrogen) atoms. The van der Waals surface area contributed by atoms with Crippen LogP contribution in [0.5, 0.6) is 0 Å². The van der Waals surface area contributed by atoms with E-state index >= 15 is 0 Å². The second kappa shape index (κ2) is 6.75. The van der Waals surface area contributed by atoms with Gasteiger partial charge in [0.15, 0.2) is 10.9 Å². The monoisotopic (exact) mass is 359 g/mol. The molecule has 1 amide bonds. The Morgan fingerprint density at radius 2 is 2.40 bits per heavy atom. The lowest BCUT2D eigenvalue weighted by Crippen LogP contribution is -2.30. The zero-order chi connectivity index (χ0) is 17.2. The summed E-state index contributed by atoms with van der Waals surface area (Å²) in [6.07, 6.45) is 3.28. The van der Waals surface area contributed by atoms with E-state index in [-0.39, 0.29) is 11.9 Å². The van der Waals surface area contributed by atoms with Crippen molar-refractivity contribution in [1.29, 1.82) is 0 Å². The van der Waals surface area contributed by atoms with Crippen molar-refractivity contribution in [2.24, 2.45) is 0 Å². The first-order chi connectivity index (χ1) is 12.2. The summed E-state index contributed by atoms with van der Waals surface area (Å²) in [4.78, 5) is 18.7. The van der Waals surface area contributed by atoms with E-state index in [1.54, 1.807) is 6.07 Å². The molecular weight excluding hydrogens is 342 g/mol. The van der Waals surface area contributed by atoms with Crippen LogP contribution in [0.25, 0.3) is 0 Å². The fraction of sp³-hybridized carbons (Fsp3) is 0.375. The fourth-order valence-electron chi connectivity index (χ4n) is 2.98. The molecule has 1 N–H and O–H groups in total. The van der Waals surface area contributed by atoms with E-state index in [2.05, 4.69) is 20.3 Å². The minimum absolute atomic E-state index is 0.0536. The van der Waals surface area contributed by atoms with E-state index in [1.807, 2.05) is 24.0 Å². The number of carbonyl (C=O) groups is 1. The van der Waals surface area contributed by atoms with Crippen LogP contribution in [0, 0.1) is 6.92 Å². The molecule has 1 saturated heterocycles. The number of nitrogens with zero attached hydrogens (tertiary/aromatic N) is 4. The number of H-pyrrole nitrogens is 1. The Kier molecular flexibility index (Phi) is 4.31. The maximum absolute atomic E-state index is 12.8. The lowest BCUT2D eigenvalue weighted by atomic mass is 10.1. The summed E-state index contributed by atoms with van der Waals surface area (Å²) in [7, 11) is 0. The number of hydrogen-bond donors (Lipinski definition) is 1. The molecule has 0 unspecified atom stereocenters. The normalized spacial score (nSPS) is 17.3. The SMILES string of the molecule is Cc1cc([C@H]2CCCN2C(=O)c2ccc(CSc3ncn[nH]3)o2)no1. The molecule has 8 nitrogen and oxygen atoms in total. The van der Waals surface area contributed by atoms with Gasteiger partial charge in [-0.3, -0.25) is 9.89 Å². The van der Waals surface area contributed by atoms with Crippen molar-refractivity contribution in [2.75, 3.05) is 6.54 Å². The summed E-state index contributed by atoms with van der Waals surface area (Å²) in [5.41, 5.74) is 0.802. The van der Waals surface area contributed by atoms with Crippen molar-refractivity contribution in [3.8, 4) is 0 Å². The standard InChI is InChI=1S/C16H17N5O3S/c1-10-7-12(20-24-10)13-3-2-6-21(13)15(22)14-5-4-11(23-14)8-25-16-17-9-18-19-16/h4-5,7,9,13H,2-3,6,8H2,1H3,(H,17,18,19)/t13-/m1/s1. The van der Waals surface area contributed by atoms with Gasteiger partial charge in [-0.2, -0.15) is 5.10 Å². The number of hydrogen-bond acceptors (Lipinski definition) is 7. The number of furan rings is 1. The molecule has 3 aromatic heterocycles. The largest absolute Gasteiger partial charge is 0.455 e. The van der Waals surface area contributed by atoms with Crippen LogP contribution < -0.4 is 0 Å². The molecule has 0 saturated carbocycles. The van der Waals surface area contributed by atoms with Crippen molar-refractivity contribution >= 4 is 17.7 Å². The molecule has 9 heteroatoms. The molecule has 0 spiro atoms. The maximum atomic E-state index is 12.8. The predicted octanol–water partition coefficient (Wildman–Crippen LogP) is 2.96. The van der Waals surface area contributed by atoms with Gasteiger partial charge in [0.2, 0.25) is 0 Å². The highest BCUT2D eigenvalue weighted by molar-refractivity contribution is 7.98. The van der Waals surface area contributed by atoms with Crippen LogP contribution in [0.3, 0.4) is 0 Å². The Morgan fingerprint density at radius 3 is 3.16 bits per heavy atom. The van der Waals surface area contributed by atoms with Crippen LogP contribution >= 0.6 is 11.8 Å². The molecule has 4 rings (SSSR count). The van der Waals surface area contributed by atoms with Gasteiger partial charge in [0.25, 0.3) is 5.91 Å². The van der Waals surface area contributed by atoms with E-state index in [0.717, 1.165) is 30.1 Å². The number of aromatic amines is 1. The first-order valence-corrected chi connectivity index (χ1v) is 9.00. The summed E-state index contributed by atoms with van der Waals surface area (Å²) in [6, 6.07) is 5.38. The number of likely N-dealkylation sites (tertiary alicyclic amines) is 1. The van der Waals surface area contributed by atoms with Gasteiger partial charge in [-0.1, -0.05) is 16.9 Å². The van der Waals surface area contributed by atoms with Crippen molar-refractivity contribution in [1.82, 2.24) is 25.2 Å². The molecule has 0 radical (unpaired) electrons. The van der Waals surface area contributed by atoms with E-state index in [4.69, 9.17) is 8.94 Å². The topological polar surface area (TPSA) is 101 Å². The van der Waals surface area contributed by atoms with Crippen LogP contribution in [0.15, 0.2) is 38.6 Å². The smallest absolute Gasteiger partial charge is 0.290 e. The van der Waals surface area contributed by atoms with Gasteiger partial charge in [-0.05, 0) is 31.9 Å². The first kappa shape index (κ1) is 15.9. The summed E-state index contributed by atoms with van der Waals surface area (Å²) in [5, 5.41) is 11.4. The quantitative estimate of drug-likeness (QED) is 0.699. The maximum Gasteiger partial charge on any atom is 0.290 e. The summed E-state index contributed by atoms with van der Waals surface area (Å²) < 4.78 is 10.9. The van der Waals surface area contributed by atoms with E-state index in [1.165, 1.54) is 18.1 Å². The Balaban J connectivity index is 1.45. The third-order valence-corrected chi connectivity index (χ3v) is 5.02. The van der Waals surface area contributed by atoms with Gasteiger partial charge in [-0.25, -0.2) is 4.98 Å². The Morgan fingerprint density at radius 1 is 1.48 bits per heavy atom. The van der Waals surface area contributed by atoms with E-state index in [9.17, 15) is 4.79 Å². The average Bonchev–Trinajstić information content (AvgIpc) is 3.37. The molecule has 3 aromatic rings. The molecule has 0 bridgehead atoms. The lowest BCUT2D eigenvalue weighted by Gasteiger charge is -2.21. The minimum Gasteiger partial charge on any atom is -0.455 e. The number of aromatic nitrogens is 4. The van der Waals surface area contributed by atoms with E-state index < -0.39 is 0 Å². The molecule has 1 aliphatic heterocycles. The molecule has 130 valence electrons. The molecule has 1 aliphatic rings. The first-order valence-electron chi connectivity index (χ1n) is 8.02. The highest BCUT2D eigenvalue weighted by atomic mass is 32.2. The van der Waals surface area contributed by atoms with Crippen molar-refractivity contribution < 1.29 is 13.7 Å². The molecular formula is C16H17N5O3S. The average molecular weight is 359 g/mol. The third-order valence-electron chi connectivity index (χ3n) is 4.12. The predicted molar refractivity (Wildman–Crippen MR) is 88.9 cm³/mol. The number of rotatable bonds is 5. The van der Waals surface area contributed by atoms with Gasteiger partial charge in [0.05, 0.1) is 11.8 Å². The van der Waals surface area contributed by atoms with Gasteiger partial charge < -0.3 is 13.8 Å². The van der Waals surface area contributed by atoms with Crippen molar-refractivity contribution in [3.05, 3.63) is 47.5 Å². The number of amides is 1. The Labute approximate surface area is 148 Å². The van der Waals surface area contributed by atoms with Gasteiger partial charge >= 0.3 is 0 Å². The number of nitrogens with one attached hydrogen (secondary N) is 1. The summed E-state index contributed by atoms with van der Waals surface area (Å²) in [5.74, 6) is 2.28. The van der Waals surface area contributed by atoms with Crippen LogP contribution in [-0.4, -0.2) is 37.7 Å². The van der Waals surface area contributed by atoms with E-state index in [0.29, 0.717) is 23.2 Å².